The van der Waals surface area contributed by atoms with E-state index in [0.717, 1.165) is 29.2 Å². The van der Waals surface area contributed by atoms with E-state index in [1.54, 1.807) is 33.8 Å². The van der Waals surface area contributed by atoms with Gasteiger partial charge < -0.3 is 14.9 Å². The minimum atomic E-state index is -2.74. The third kappa shape index (κ3) is 5.89. The highest BCUT2D eigenvalue weighted by Gasteiger charge is 2.76. The Kier molecular flexibility index (Phi) is 10.2. The fourth-order valence-electron chi connectivity index (χ4n) is 10.1. The van der Waals surface area contributed by atoms with Crippen molar-refractivity contribution in [1.29, 1.82) is 0 Å². The summed E-state index contributed by atoms with van der Waals surface area (Å²) in [5.41, 5.74) is -1.29. The number of aliphatic hydroxyl groups is 1. The molecule has 0 radical (unpaired) electrons. The molecule has 0 aliphatic heterocycles. The molecule has 2 N–H and O–H groups in total. The van der Waals surface area contributed by atoms with E-state index in [1.807, 2.05) is 19.1 Å². The Morgan fingerprint density at radius 3 is 2.22 bits per heavy atom. The molecule has 9 nitrogen and oxygen atoms in total. The quantitative estimate of drug-likeness (QED) is 0.222. The van der Waals surface area contributed by atoms with Crippen molar-refractivity contribution < 1.29 is 43.7 Å². The van der Waals surface area contributed by atoms with E-state index in [9.17, 15) is 39.0 Å². The van der Waals surface area contributed by atoms with E-state index < -0.39 is 69.0 Å². The number of fused-ring (bicyclic) bond motifs is 3. The van der Waals surface area contributed by atoms with Crippen LogP contribution >= 0.6 is 0 Å². The third-order valence-corrected chi connectivity index (χ3v) is 12.2. The van der Waals surface area contributed by atoms with Crippen molar-refractivity contribution in [1.82, 2.24) is 0 Å². The first-order valence-corrected chi connectivity index (χ1v) is 18.2. The Labute approximate surface area is 300 Å². The molecule has 2 aromatic carbocycles. The van der Waals surface area contributed by atoms with Crippen molar-refractivity contribution >= 4 is 34.9 Å². The zero-order valence-corrected chi connectivity index (χ0v) is 31.3. The molecule has 2 aromatic rings. The Morgan fingerprint density at radius 2 is 1.65 bits per heavy atom. The van der Waals surface area contributed by atoms with E-state index in [2.05, 4.69) is 19.9 Å². The van der Waals surface area contributed by atoms with E-state index in [4.69, 9.17) is 4.74 Å². The number of Topliss-reactive ketones (excluding diaryl/α,β-unsaturated/α-hetero) is 5. The van der Waals surface area contributed by atoms with Crippen LogP contribution in [0.2, 0.25) is 0 Å². The van der Waals surface area contributed by atoms with Gasteiger partial charge in [-0.1, -0.05) is 72.7 Å². The van der Waals surface area contributed by atoms with Crippen LogP contribution in [-0.4, -0.2) is 57.8 Å². The summed E-state index contributed by atoms with van der Waals surface area (Å²) in [7, 11) is 1.40. The SMILES string of the molecule is CCc1ccc(CCC(CC(C)C)C(=O)OC)cc1-c1ccc(O)c2c1C[C@]1(C)C[C@]3(C)C(C(C)C)C(=O)C(C(C)=O)C(=O)[C@]3(O)C(=O)C1C2=O. The number of methoxy groups -OCH3 is 1. The highest BCUT2D eigenvalue weighted by atomic mass is 16.5. The largest absolute Gasteiger partial charge is 0.507 e. The molecule has 0 bridgehead atoms. The fourth-order valence-corrected chi connectivity index (χ4v) is 10.1. The molecule has 4 unspecified atom stereocenters. The van der Waals surface area contributed by atoms with Crippen LogP contribution in [0.15, 0.2) is 30.3 Å². The molecular formula is C42H52O9. The topological polar surface area (TPSA) is 152 Å². The van der Waals surface area contributed by atoms with Crippen LogP contribution in [-0.2, 0) is 48.0 Å². The summed E-state index contributed by atoms with van der Waals surface area (Å²) in [6, 6.07) is 9.37. The highest BCUT2D eigenvalue weighted by Crippen LogP contribution is 2.64. The molecule has 7 atom stereocenters. The molecule has 3 aliphatic carbocycles. The zero-order valence-electron chi connectivity index (χ0n) is 31.3. The van der Waals surface area contributed by atoms with Crippen molar-refractivity contribution in [3.8, 4) is 16.9 Å². The molecule has 2 fully saturated rings. The number of esters is 1. The maximum Gasteiger partial charge on any atom is 0.308 e. The first-order chi connectivity index (χ1) is 23.8. The maximum absolute atomic E-state index is 14.6. The first kappa shape index (κ1) is 38.3. The van der Waals surface area contributed by atoms with Crippen LogP contribution in [0, 0.1) is 46.3 Å². The Morgan fingerprint density at radius 1 is 0.980 bits per heavy atom. The summed E-state index contributed by atoms with van der Waals surface area (Å²) in [4.78, 5) is 82.3. The number of carbonyl (C=O) groups is 6. The normalized spacial score (nSPS) is 29.5. The number of rotatable bonds is 10. The van der Waals surface area contributed by atoms with Gasteiger partial charge in [-0.05, 0) is 96.6 Å². The number of phenolic OH excluding ortho intramolecular Hbond substituents is 1. The Bertz CT molecular complexity index is 1820. The standard InChI is InChI=1S/C42H52O9/c1-10-25-13-11-24(12-14-26(17-21(2)3)39(49)51-9)18-28(25)27-15-16-30(44)32-29(27)19-40(7)20-41(8)33(22(4)5)35(45)31(23(6)43)37(47)42(41,50)38(48)34(40)36(32)46/h11,13,15-16,18,21-22,26,31,33-34,44,50H,10,12,14,17,19-20H2,1-9H3/t26?,31?,33?,34?,40-,41-,42+/m1/s1. The zero-order chi connectivity index (χ0) is 38.0. The van der Waals surface area contributed by atoms with Gasteiger partial charge in [0.2, 0.25) is 0 Å². The van der Waals surface area contributed by atoms with Crippen LogP contribution in [0.3, 0.4) is 0 Å². The van der Waals surface area contributed by atoms with Crippen molar-refractivity contribution in [2.75, 3.05) is 7.11 Å². The highest BCUT2D eigenvalue weighted by molar-refractivity contribution is 6.32. The van der Waals surface area contributed by atoms with E-state index in [-0.39, 0.29) is 36.0 Å². The maximum atomic E-state index is 14.6. The van der Waals surface area contributed by atoms with Gasteiger partial charge in [0, 0.05) is 11.3 Å². The Balaban J connectivity index is 1.64. The number of benzene rings is 2. The summed E-state index contributed by atoms with van der Waals surface area (Å²) < 4.78 is 5.08. The lowest BCUT2D eigenvalue weighted by Gasteiger charge is -2.61. The van der Waals surface area contributed by atoms with E-state index in [0.29, 0.717) is 37.2 Å². The van der Waals surface area contributed by atoms with Gasteiger partial charge in [-0.2, -0.15) is 0 Å². The number of aryl methyl sites for hydroxylation is 2. The average Bonchev–Trinajstić information content (AvgIpc) is 3.03. The number of ketones is 5. The van der Waals surface area contributed by atoms with Crippen molar-refractivity contribution in [3.05, 3.63) is 52.6 Å². The monoisotopic (exact) mass is 700 g/mol. The lowest BCUT2D eigenvalue weighted by atomic mass is 9.40. The molecule has 0 aromatic heterocycles. The molecule has 0 saturated heterocycles. The molecular weight excluding hydrogens is 648 g/mol. The summed E-state index contributed by atoms with van der Waals surface area (Å²) in [5, 5.41) is 23.5. The molecule has 0 amide bonds. The number of phenols is 1. The number of ether oxygens (including phenoxy) is 1. The lowest BCUT2D eigenvalue weighted by Crippen LogP contribution is -2.76. The second kappa shape index (κ2) is 13.5. The lowest BCUT2D eigenvalue weighted by molar-refractivity contribution is -0.205. The first-order valence-electron chi connectivity index (χ1n) is 18.2. The van der Waals surface area contributed by atoms with Crippen LogP contribution in [0.1, 0.15) is 102 Å². The van der Waals surface area contributed by atoms with Crippen molar-refractivity contribution in [3.63, 3.8) is 0 Å². The minimum absolute atomic E-state index is 0.0103. The molecule has 9 heteroatoms. The van der Waals surface area contributed by atoms with Gasteiger partial charge in [0.25, 0.3) is 0 Å². The molecule has 0 heterocycles. The summed E-state index contributed by atoms with van der Waals surface area (Å²) >= 11 is 0. The fraction of sp³-hybridized carbons (Fsp3) is 0.571. The predicted octanol–water partition coefficient (Wildman–Crippen LogP) is 6.09. The number of hydrogen-bond donors (Lipinski definition) is 2. The van der Waals surface area contributed by atoms with Gasteiger partial charge in [0.15, 0.2) is 28.7 Å². The third-order valence-electron chi connectivity index (χ3n) is 12.2. The summed E-state index contributed by atoms with van der Waals surface area (Å²) in [5.74, 6) is -9.34. The van der Waals surface area contributed by atoms with Crippen LogP contribution in [0.4, 0.5) is 0 Å². The van der Waals surface area contributed by atoms with Crippen LogP contribution < -0.4 is 0 Å². The minimum Gasteiger partial charge on any atom is -0.507 e. The van der Waals surface area contributed by atoms with Gasteiger partial charge in [-0.25, -0.2) is 0 Å². The number of aromatic hydroxyl groups is 1. The number of carbonyl (C=O) groups excluding carboxylic acids is 6. The van der Waals surface area contributed by atoms with Crippen LogP contribution in [0.5, 0.6) is 5.75 Å². The van der Waals surface area contributed by atoms with E-state index in [1.165, 1.54) is 13.2 Å². The predicted molar refractivity (Wildman–Crippen MR) is 191 cm³/mol. The van der Waals surface area contributed by atoms with Gasteiger partial charge >= 0.3 is 5.97 Å². The van der Waals surface area contributed by atoms with Crippen molar-refractivity contribution in [2.45, 2.75) is 99.5 Å². The molecule has 5 rings (SSSR count). The number of hydrogen-bond acceptors (Lipinski definition) is 9. The second-order valence-electron chi connectivity index (χ2n) is 16.5. The van der Waals surface area contributed by atoms with Gasteiger partial charge in [-0.15, -0.1) is 0 Å². The second-order valence-corrected chi connectivity index (χ2v) is 16.5. The smallest absolute Gasteiger partial charge is 0.308 e. The summed E-state index contributed by atoms with van der Waals surface area (Å²) in [6.45, 7) is 14.2. The molecule has 0 spiro atoms. The van der Waals surface area contributed by atoms with Crippen LogP contribution in [0.25, 0.3) is 11.1 Å². The summed E-state index contributed by atoms with van der Waals surface area (Å²) in [6.07, 6.45) is 2.76. The molecule has 3 aliphatic rings. The van der Waals surface area contributed by atoms with Crippen molar-refractivity contribution in [2.24, 2.45) is 46.3 Å². The molecule has 2 saturated carbocycles. The van der Waals surface area contributed by atoms with E-state index >= 15 is 0 Å². The molecule has 51 heavy (non-hydrogen) atoms. The van der Waals surface area contributed by atoms with Gasteiger partial charge in [0.1, 0.15) is 17.5 Å². The van der Waals surface area contributed by atoms with Gasteiger partial charge in [-0.3, -0.25) is 28.8 Å². The average molecular weight is 701 g/mol. The Hall–Kier alpha value is -3.98. The van der Waals surface area contributed by atoms with Gasteiger partial charge in [0.05, 0.1) is 24.5 Å². The molecule has 274 valence electrons.